The van der Waals surface area contributed by atoms with Crippen LogP contribution in [0.2, 0.25) is 10.0 Å². The van der Waals surface area contributed by atoms with Crippen LogP contribution in [0, 0.1) is 0 Å². The third-order valence-electron chi connectivity index (χ3n) is 3.13. The van der Waals surface area contributed by atoms with Crippen LogP contribution in [-0.2, 0) is 12.0 Å². The minimum atomic E-state index is -1.10. The first-order valence-electron chi connectivity index (χ1n) is 5.97. The molecule has 2 aromatic carbocycles. The van der Waals surface area contributed by atoms with Crippen LogP contribution in [0.5, 0.6) is 0 Å². The van der Waals surface area contributed by atoms with Crippen LogP contribution in [0.4, 0.5) is 0 Å². The minimum Gasteiger partial charge on any atom is -0.383 e. The first-order chi connectivity index (χ1) is 9.05. The van der Waals surface area contributed by atoms with Gasteiger partial charge in [0.25, 0.3) is 0 Å². The fraction of sp³-hybridized carbons (Fsp3) is 0.200. The molecule has 1 atom stereocenters. The van der Waals surface area contributed by atoms with Crippen molar-refractivity contribution in [3.63, 3.8) is 0 Å². The van der Waals surface area contributed by atoms with Crippen LogP contribution in [0.3, 0.4) is 0 Å². The summed E-state index contributed by atoms with van der Waals surface area (Å²) in [7, 11) is 0. The van der Waals surface area contributed by atoms with E-state index in [9.17, 15) is 5.11 Å². The van der Waals surface area contributed by atoms with E-state index >= 15 is 0 Å². The van der Waals surface area contributed by atoms with Crippen molar-refractivity contribution in [2.45, 2.75) is 12.0 Å². The molecule has 0 aliphatic heterocycles. The van der Waals surface area contributed by atoms with E-state index in [0.717, 1.165) is 11.1 Å². The third kappa shape index (κ3) is 3.28. The summed E-state index contributed by atoms with van der Waals surface area (Å²) in [6, 6.07) is 14.7. The summed E-state index contributed by atoms with van der Waals surface area (Å²) in [6.45, 7) is 0.136. The molecular weight excluding hydrogens is 281 g/mol. The van der Waals surface area contributed by atoms with Gasteiger partial charge in [-0.3, -0.25) is 0 Å². The molecule has 2 nitrogen and oxygen atoms in total. The van der Waals surface area contributed by atoms with Crippen molar-refractivity contribution in [1.82, 2.24) is 0 Å². The van der Waals surface area contributed by atoms with Gasteiger partial charge >= 0.3 is 0 Å². The summed E-state index contributed by atoms with van der Waals surface area (Å²) >= 11 is 11.9. The molecule has 0 aliphatic rings. The van der Waals surface area contributed by atoms with Crippen molar-refractivity contribution in [2.24, 2.45) is 5.73 Å². The number of rotatable bonds is 4. The van der Waals surface area contributed by atoms with Crippen molar-refractivity contribution < 1.29 is 5.11 Å². The summed E-state index contributed by atoms with van der Waals surface area (Å²) < 4.78 is 0. The summed E-state index contributed by atoms with van der Waals surface area (Å²) in [6.07, 6.45) is 0.393. The molecule has 2 aromatic rings. The van der Waals surface area contributed by atoms with Crippen molar-refractivity contribution >= 4 is 23.2 Å². The van der Waals surface area contributed by atoms with Gasteiger partial charge in [-0.15, -0.1) is 0 Å². The highest BCUT2D eigenvalue weighted by Gasteiger charge is 2.27. The number of hydrogen-bond acceptors (Lipinski definition) is 2. The van der Waals surface area contributed by atoms with Crippen LogP contribution in [0.1, 0.15) is 11.1 Å². The van der Waals surface area contributed by atoms with Gasteiger partial charge in [-0.1, -0.05) is 59.6 Å². The van der Waals surface area contributed by atoms with Gasteiger partial charge in [-0.05, 0) is 23.3 Å². The van der Waals surface area contributed by atoms with E-state index in [4.69, 9.17) is 28.9 Å². The smallest absolute Gasteiger partial charge is 0.106 e. The van der Waals surface area contributed by atoms with Gasteiger partial charge in [0.05, 0.1) is 10.0 Å². The van der Waals surface area contributed by atoms with Gasteiger partial charge in [-0.2, -0.15) is 0 Å². The molecule has 3 N–H and O–H groups in total. The summed E-state index contributed by atoms with van der Waals surface area (Å²) in [5.74, 6) is 0. The molecule has 0 aliphatic carbocycles. The fourth-order valence-corrected chi connectivity index (χ4v) is 2.35. The van der Waals surface area contributed by atoms with Crippen molar-refractivity contribution in [2.75, 3.05) is 6.54 Å². The monoisotopic (exact) mass is 295 g/mol. The normalized spacial score (nSPS) is 14.1. The molecule has 0 saturated heterocycles. The van der Waals surface area contributed by atoms with Crippen LogP contribution in [-0.4, -0.2) is 11.7 Å². The van der Waals surface area contributed by atoms with E-state index in [1.165, 1.54) is 0 Å². The van der Waals surface area contributed by atoms with E-state index in [1.807, 2.05) is 36.4 Å². The lowest BCUT2D eigenvalue weighted by molar-refractivity contribution is 0.0463. The number of benzene rings is 2. The second kappa shape index (κ2) is 5.93. The minimum absolute atomic E-state index is 0.136. The molecule has 0 saturated carbocycles. The van der Waals surface area contributed by atoms with Crippen LogP contribution in [0.15, 0.2) is 48.5 Å². The predicted molar refractivity (Wildman–Crippen MR) is 79.6 cm³/mol. The van der Waals surface area contributed by atoms with E-state index in [-0.39, 0.29) is 6.54 Å². The highest BCUT2D eigenvalue weighted by molar-refractivity contribution is 6.42. The van der Waals surface area contributed by atoms with Crippen LogP contribution >= 0.6 is 23.2 Å². The Bertz CT molecular complexity index is 559. The molecule has 0 heterocycles. The van der Waals surface area contributed by atoms with Crippen molar-refractivity contribution in [1.29, 1.82) is 0 Å². The highest BCUT2D eigenvalue weighted by atomic mass is 35.5. The third-order valence-corrected chi connectivity index (χ3v) is 3.87. The van der Waals surface area contributed by atoms with Crippen LogP contribution < -0.4 is 5.73 Å². The Labute approximate surface area is 122 Å². The molecule has 0 bridgehead atoms. The van der Waals surface area contributed by atoms with Gasteiger partial charge in [0.15, 0.2) is 0 Å². The summed E-state index contributed by atoms with van der Waals surface area (Å²) in [4.78, 5) is 0. The Kier molecular flexibility index (Phi) is 4.48. The molecular formula is C15H15Cl2NO. The van der Waals surface area contributed by atoms with E-state index in [2.05, 4.69) is 0 Å². The number of halogens is 2. The lowest BCUT2D eigenvalue weighted by Crippen LogP contribution is -2.37. The Morgan fingerprint density at radius 3 is 2.26 bits per heavy atom. The molecule has 0 aromatic heterocycles. The highest BCUT2D eigenvalue weighted by Crippen LogP contribution is 2.28. The Morgan fingerprint density at radius 2 is 1.68 bits per heavy atom. The van der Waals surface area contributed by atoms with Crippen LogP contribution in [0.25, 0.3) is 0 Å². The summed E-state index contributed by atoms with van der Waals surface area (Å²) in [5.41, 5.74) is 6.34. The maximum absolute atomic E-state index is 10.7. The lowest BCUT2D eigenvalue weighted by Gasteiger charge is -2.27. The molecule has 4 heteroatoms. The molecule has 19 heavy (non-hydrogen) atoms. The average Bonchev–Trinajstić information content (AvgIpc) is 2.44. The second-order valence-electron chi connectivity index (χ2n) is 4.53. The topological polar surface area (TPSA) is 46.2 Å². The first kappa shape index (κ1) is 14.4. The Morgan fingerprint density at radius 1 is 1.00 bits per heavy atom. The number of hydrogen-bond donors (Lipinski definition) is 2. The Hall–Kier alpha value is -1.06. The quantitative estimate of drug-likeness (QED) is 0.908. The average molecular weight is 296 g/mol. The molecule has 0 spiro atoms. The fourth-order valence-electron chi connectivity index (χ4n) is 2.03. The lowest BCUT2D eigenvalue weighted by atomic mass is 9.87. The molecule has 0 fully saturated rings. The largest absolute Gasteiger partial charge is 0.383 e. The molecule has 0 radical (unpaired) electrons. The zero-order valence-electron chi connectivity index (χ0n) is 10.3. The maximum Gasteiger partial charge on any atom is 0.106 e. The molecule has 0 amide bonds. The van der Waals surface area contributed by atoms with Gasteiger partial charge < -0.3 is 10.8 Å². The number of nitrogens with two attached hydrogens (primary N) is 1. The summed E-state index contributed by atoms with van der Waals surface area (Å²) in [5, 5.41) is 11.7. The van der Waals surface area contributed by atoms with Crippen molar-refractivity contribution in [3.05, 3.63) is 69.7 Å². The maximum atomic E-state index is 10.7. The zero-order chi connectivity index (χ0) is 13.9. The number of aliphatic hydroxyl groups is 1. The zero-order valence-corrected chi connectivity index (χ0v) is 11.8. The van der Waals surface area contributed by atoms with Crippen molar-refractivity contribution in [3.8, 4) is 0 Å². The second-order valence-corrected chi connectivity index (χ2v) is 5.34. The van der Waals surface area contributed by atoms with E-state index in [1.54, 1.807) is 12.1 Å². The predicted octanol–water partition coefficient (Wildman–Crippen LogP) is 3.38. The van der Waals surface area contributed by atoms with E-state index < -0.39 is 5.60 Å². The molecule has 100 valence electrons. The first-order valence-corrected chi connectivity index (χ1v) is 6.73. The van der Waals surface area contributed by atoms with Gasteiger partial charge in [0, 0.05) is 13.0 Å². The van der Waals surface area contributed by atoms with E-state index in [0.29, 0.717) is 16.5 Å². The van der Waals surface area contributed by atoms with Gasteiger partial charge in [0.1, 0.15) is 5.60 Å². The molecule has 2 rings (SSSR count). The standard InChI is InChI=1S/C15H15Cl2NO/c16-13-7-6-11(8-14(13)17)9-15(19,10-18)12-4-2-1-3-5-12/h1-8,19H,9-10,18H2. The van der Waals surface area contributed by atoms with Gasteiger partial charge in [-0.25, -0.2) is 0 Å². The SMILES string of the molecule is NCC(O)(Cc1ccc(Cl)c(Cl)c1)c1ccccc1. The van der Waals surface area contributed by atoms with Gasteiger partial charge in [0.2, 0.25) is 0 Å². The molecule has 1 unspecified atom stereocenters. The Balaban J connectivity index is 2.30.